The second kappa shape index (κ2) is 60.2. The monoisotopic (exact) mass is 1860 g/mol. The largest absolute Gasteiger partial charge is 0.352 e. The van der Waals surface area contributed by atoms with Crippen LogP contribution >= 0.6 is 0 Å². The molecule has 762 valence electrons. The Morgan fingerprint density at radius 2 is 0.455 bits per heavy atom. The maximum atomic E-state index is 13.2. The average molecular weight is 1860 g/mol. The molecule has 0 saturated carbocycles. The van der Waals surface area contributed by atoms with Gasteiger partial charge in [-0.05, 0) is 204 Å². The van der Waals surface area contributed by atoms with Gasteiger partial charge in [0, 0.05) is 69.8 Å². The van der Waals surface area contributed by atoms with Gasteiger partial charge in [-0.25, -0.2) is 9.59 Å². The molecule has 0 saturated heterocycles. The molecule has 0 radical (unpaired) electrons. The summed E-state index contributed by atoms with van der Waals surface area (Å²) < 4.78 is 0. The van der Waals surface area contributed by atoms with Crippen LogP contribution in [0.15, 0.2) is 60.7 Å². The molecule has 0 aromatic heterocycles. The van der Waals surface area contributed by atoms with Gasteiger partial charge in [0.15, 0.2) is 28.9 Å². The summed E-state index contributed by atoms with van der Waals surface area (Å²) in [4.78, 5) is 151. The van der Waals surface area contributed by atoms with Crippen LogP contribution < -0.4 is 65.9 Å². The number of nitrogens with one attached hydrogen (secondary N) is 7. The van der Waals surface area contributed by atoms with E-state index in [4.69, 9.17) is 28.7 Å². The zero-order valence-electron chi connectivity index (χ0n) is 90.2. The molecule has 2 aromatic rings. The first kappa shape index (κ1) is 129. The van der Waals surface area contributed by atoms with E-state index in [9.17, 15) is 57.5 Å². The Hall–Kier alpha value is -7.44. The summed E-state index contributed by atoms with van der Waals surface area (Å²) in [7, 11) is 0. The van der Waals surface area contributed by atoms with Crippen LogP contribution in [0.4, 0.5) is 9.59 Å². The summed E-state index contributed by atoms with van der Waals surface area (Å²) in [5, 5.41) is 20.3. The van der Waals surface area contributed by atoms with Crippen molar-refractivity contribution >= 4 is 70.5 Å². The van der Waals surface area contributed by atoms with Crippen molar-refractivity contribution < 1.29 is 57.5 Å². The highest BCUT2D eigenvalue weighted by Gasteiger charge is 2.41. The summed E-state index contributed by atoms with van der Waals surface area (Å²) in [5.74, 6) is 0.0686. The fourth-order valence-electron chi connectivity index (χ4n) is 15.6. The van der Waals surface area contributed by atoms with Gasteiger partial charge in [0.2, 0.25) is 29.5 Å². The summed E-state index contributed by atoms with van der Waals surface area (Å²) >= 11 is 0. The molecule has 2 aromatic carbocycles. The van der Waals surface area contributed by atoms with Crippen molar-refractivity contribution in [2.75, 3.05) is 32.7 Å². The predicted octanol–water partition coefficient (Wildman–Crippen LogP) is 19.4. The fraction of sp³-hybridized carbons (Fsp3) is 0.778. The van der Waals surface area contributed by atoms with E-state index in [0.29, 0.717) is 90.5 Å². The van der Waals surface area contributed by atoms with E-state index < -0.39 is 69.3 Å². The van der Waals surface area contributed by atoms with Gasteiger partial charge in [-0.15, -0.1) is 0 Å². The van der Waals surface area contributed by atoms with Gasteiger partial charge in [0.1, 0.15) is 0 Å². The van der Waals surface area contributed by atoms with Crippen molar-refractivity contribution in [1.29, 1.82) is 0 Å². The lowest BCUT2D eigenvalue weighted by Gasteiger charge is -2.31. The van der Waals surface area contributed by atoms with Gasteiger partial charge >= 0.3 is 12.1 Å². The minimum atomic E-state index is -0.585. The quantitative estimate of drug-likeness (QED) is 0.0274. The van der Waals surface area contributed by atoms with E-state index in [1.807, 2.05) is 168 Å². The van der Waals surface area contributed by atoms with E-state index in [0.717, 1.165) is 81.8 Å². The molecule has 6 unspecified atom stereocenters. The second-order valence-corrected chi connectivity index (χ2v) is 49.2. The van der Waals surface area contributed by atoms with Crippen LogP contribution in [-0.2, 0) is 60.8 Å². The number of benzene rings is 2. The molecule has 0 fully saturated rings. The zero-order valence-corrected chi connectivity index (χ0v) is 90.2. The molecule has 10 atom stereocenters. The number of carbonyl (C=O) groups is 12. The average Bonchev–Trinajstić information content (AvgIpc) is 0.855. The van der Waals surface area contributed by atoms with Gasteiger partial charge in [0.25, 0.3) is 0 Å². The summed E-state index contributed by atoms with van der Waals surface area (Å²) in [6.07, 6.45) is 14.4. The molecular formula is C108H198N12O12. The van der Waals surface area contributed by atoms with E-state index in [1.165, 1.54) is 0 Å². The van der Waals surface area contributed by atoms with Crippen LogP contribution in [0.2, 0.25) is 0 Å². The standard InChI is InChI=1S/2C24H40N2O2.2C20H39N3O3.C20H40N2O2/c2*1-23(2,3)17-19(16-18-12-8-7-9-13-18)22(28)26-20(14-10-11-15-25)21(27)24(4,5)6;2*1-13(2)14(12-19(3,4)5)17(25)23-15(16(24)20(6,7)8)10-9-11-22-18(21)26;1-14(2)15(13-19(3,4)5)18(24)22-16(11-9-10-12-21)17(23)20(6,7)8/h2*7-9,12-13,19-20H,10-11,14-17,25H2,1-6H3,(H,26,28);2*13-15H,9-12H2,1-8H3,(H,23,25)(H3,21,22,26);14-16H,9-13,21H2,1-8H3,(H,22,24)/t19-,20+;;14-,15-;;/m1.0../s1. The van der Waals surface area contributed by atoms with Crippen molar-refractivity contribution in [2.45, 2.75) is 408 Å². The molecule has 132 heavy (non-hydrogen) atoms. The molecule has 17 N–H and O–H groups in total. The van der Waals surface area contributed by atoms with Crippen LogP contribution in [0.5, 0.6) is 0 Å². The maximum Gasteiger partial charge on any atom is 0.312 e. The molecule has 2 rings (SSSR count). The van der Waals surface area contributed by atoms with E-state index in [-0.39, 0.29) is 133 Å². The number of ketones is 5. The Labute approximate surface area is 803 Å². The van der Waals surface area contributed by atoms with Gasteiger partial charge in [-0.3, -0.25) is 47.9 Å². The first-order chi connectivity index (χ1) is 60.0. The Morgan fingerprint density at radius 1 is 0.265 bits per heavy atom. The number of primary amides is 2. The molecular weight excluding hydrogens is 1660 g/mol. The summed E-state index contributed by atoms with van der Waals surface area (Å²) in [6, 6.07) is 16.6. The van der Waals surface area contributed by atoms with Crippen LogP contribution in [0.3, 0.4) is 0 Å². The number of rotatable bonds is 47. The normalized spacial score (nSPS) is 14.7. The lowest BCUT2D eigenvalue weighted by atomic mass is 9.78. The van der Waals surface area contributed by atoms with Gasteiger partial charge in [-0.1, -0.05) is 310 Å². The topological polar surface area (TPSA) is 419 Å². The van der Waals surface area contributed by atoms with Crippen molar-refractivity contribution in [2.24, 2.45) is 130 Å². The summed E-state index contributed by atoms with van der Waals surface area (Å²) in [6.45, 7) is 75.2. The smallest absolute Gasteiger partial charge is 0.312 e. The molecule has 0 aliphatic rings. The molecule has 0 aliphatic carbocycles. The third-order valence-electron chi connectivity index (χ3n) is 22.7. The first-order valence-electron chi connectivity index (χ1n) is 49.4. The van der Waals surface area contributed by atoms with Gasteiger partial charge in [0.05, 0.1) is 30.2 Å². The molecule has 24 heteroatoms. The number of urea groups is 2. The molecule has 0 aliphatic heterocycles. The minimum Gasteiger partial charge on any atom is -0.352 e. The number of carbonyl (C=O) groups excluding carboxylic acids is 12. The van der Waals surface area contributed by atoms with Crippen molar-refractivity contribution in [1.82, 2.24) is 37.2 Å². The van der Waals surface area contributed by atoms with Crippen LogP contribution in [0.1, 0.15) is 376 Å². The van der Waals surface area contributed by atoms with E-state index in [2.05, 4.69) is 179 Å². The van der Waals surface area contributed by atoms with Crippen LogP contribution in [0.25, 0.3) is 0 Å². The molecule has 0 heterocycles. The van der Waals surface area contributed by atoms with Crippen LogP contribution in [0, 0.1) is 101 Å². The molecule has 9 amide bonds. The number of unbranched alkanes of at least 4 members (excludes halogenated alkanes) is 3. The Morgan fingerprint density at radius 3 is 0.621 bits per heavy atom. The van der Waals surface area contributed by atoms with Crippen molar-refractivity contribution in [3.63, 3.8) is 0 Å². The third-order valence-corrected chi connectivity index (χ3v) is 22.7. The minimum absolute atomic E-state index is 0.00295. The van der Waals surface area contributed by atoms with Gasteiger partial charge < -0.3 is 65.9 Å². The molecule has 24 nitrogen and oxygen atoms in total. The highest BCUT2D eigenvalue weighted by molar-refractivity contribution is 5.96. The lowest BCUT2D eigenvalue weighted by molar-refractivity contribution is -0.135. The highest BCUT2D eigenvalue weighted by Crippen LogP contribution is 2.36. The third kappa shape index (κ3) is 60.8. The highest BCUT2D eigenvalue weighted by atomic mass is 16.2. The molecule has 0 spiro atoms. The zero-order chi connectivity index (χ0) is 103. The Balaban J connectivity index is -0.00000158. The predicted molar refractivity (Wildman–Crippen MR) is 547 cm³/mol. The van der Waals surface area contributed by atoms with E-state index in [1.54, 1.807) is 0 Å². The Bertz CT molecular complexity index is 3510. The summed E-state index contributed by atoms with van der Waals surface area (Å²) in [5.41, 5.74) is 26.9. The number of hydrogen-bond acceptors (Lipinski definition) is 15. The van der Waals surface area contributed by atoms with Crippen molar-refractivity contribution in [3.8, 4) is 0 Å². The number of amides is 9. The lowest BCUT2D eigenvalue weighted by Crippen LogP contribution is -2.49. The fourth-order valence-corrected chi connectivity index (χ4v) is 15.6. The number of Topliss-reactive ketones (excluding diaryl/α,β-unsaturated/α-hetero) is 5. The maximum absolute atomic E-state index is 13.2. The van der Waals surface area contributed by atoms with Crippen LogP contribution in [-0.4, -0.2) is 133 Å². The Kier molecular flexibility index (Phi) is 58.7. The first-order valence-corrected chi connectivity index (χ1v) is 49.4. The van der Waals surface area contributed by atoms with Gasteiger partial charge in [-0.2, -0.15) is 0 Å². The molecule has 0 bridgehead atoms. The van der Waals surface area contributed by atoms with Crippen molar-refractivity contribution in [3.05, 3.63) is 71.8 Å². The van der Waals surface area contributed by atoms with E-state index >= 15 is 0 Å². The number of nitrogens with two attached hydrogens (primary N) is 5. The number of hydrogen-bond donors (Lipinski definition) is 12. The second-order valence-electron chi connectivity index (χ2n) is 49.2. The SMILES string of the molecule is CC(C)(C)CC(Cc1ccccc1)C(=O)NC(CCCCN)C(=O)C(C)(C)C.CC(C)(C)C[C@@H](Cc1ccccc1)C(=O)N[C@@H](CCCCN)C(=O)C(C)(C)C.CC(C)C(CC(C)(C)C)C(=O)NC(CCCCN)C(=O)C(C)(C)C.CC(C)C(CC(C)(C)C)C(=O)NC(CCCNC(N)=O)C(=O)C(C)(C)C.CC(C)[C@H](CC(C)(C)C)C(=O)N[C@@H](CCCNC(N)=O)C(=O)C(C)(C)C.